The van der Waals surface area contributed by atoms with E-state index in [0.29, 0.717) is 25.2 Å². The molecule has 0 saturated carbocycles. The van der Waals surface area contributed by atoms with Gasteiger partial charge in [-0.05, 0) is 36.1 Å². The zero-order chi connectivity index (χ0) is 19.4. The number of anilines is 1. The van der Waals surface area contributed by atoms with E-state index in [9.17, 15) is 13.2 Å². The maximum absolute atomic E-state index is 13.2. The average Bonchev–Trinajstić information content (AvgIpc) is 3.09. The molecule has 0 spiro atoms. The Morgan fingerprint density at radius 3 is 2.63 bits per heavy atom. The number of amides is 1. The van der Waals surface area contributed by atoms with Crippen LogP contribution in [0.5, 0.6) is 0 Å². The van der Waals surface area contributed by atoms with E-state index in [1.165, 1.54) is 11.2 Å². The molecule has 3 rings (SSSR count). The molecule has 2 aromatic carbocycles. The van der Waals surface area contributed by atoms with Gasteiger partial charge in [0.05, 0.1) is 4.90 Å². The Bertz CT molecular complexity index is 939. The minimum atomic E-state index is -3.68. The second kappa shape index (κ2) is 8.06. The van der Waals surface area contributed by atoms with Crippen LogP contribution in [-0.2, 0) is 27.7 Å². The molecule has 1 aliphatic heterocycles. The highest BCUT2D eigenvalue weighted by Gasteiger charge is 2.28. The van der Waals surface area contributed by atoms with Crippen molar-refractivity contribution in [3.63, 3.8) is 0 Å². The summed E-state index contributed by atoms with van der Waals surface area (Å²) in [6, 6.07) is 14.9. The number of carbonyl (C=O) groups is 1. The Kier molecular flexibility index (Phi) is 5.77. The molecule has 0 bridgehead atoms. The van der Waals surface area contributed by atoms with Gasteiger partial charge in [-0.3, -0.25) is 4.79 Å². The molecule has 2 aromatic rings. The van der Waals surface area contributed by atoms with Crippen LogP contribution >= 0.6 is 0 Å². The first-order valence-corrected chi connectivity index (χ1v) is 10.4. The normalized spacial score (nSPS) is 13.6. The molecule has 0 atom stereocenters. The molecule has 1 heterocycles. The zero-order valence-electron chi connectivity index (χ0n) is 15.5. The lowest BCUT2D eigenvalue weighted by molar-refractivity contribution is -0.116. The van der Waals surface area contributed by atoms with Crippen LogP contribution in [0, 0.1) is 0 Å². The number of fused-ring (bicyclic) bond motifs is 1. The van der Waals surface area contributed by atoms with Crippen molar-refractivity contribution in [3.8, 4) is 0 Å². The van der Waals surface area contributed by atoms with E-state index in [1.807, 2.05) is 36.4 Å². The number of carbonyl (C=O) groups excluding carboxylic acids is 1. The Hall–Kier alpha value is -2.44. The van der Waals surface area contributed by atoms with Crippen LogP contribution in [0.25, 0.3) is 0 Å². The van der Waals surface area contributed by atoms with Gasteiger partial charge in [-0.1, -0.05) is 42.5 Å². The molecule has 0 N–H and O–H groups in total. The first-order chi connectivity index (χ1) is 12.9. The molecule has 1 amide bonds. The van der Waals surface area contributed by atoms with E-state index in [1.54, 1.807) is 23.1 Å². The van der Waals surface area contributed by atoms with E-state index in [2.05, 4.69) is 6.58 Å². The van der Waals surface area contributed by atoms with Crippen molar-refractivity contribution in [2.75, 3.05) is 24.5 Å². The fourth-order valence-corrected chi connectivity index (χ4v) is 4.78. The van der Waals surface area contributed by atoms with Crippen molar-refractivity contribution in [1.29, 1.82) is 0 Å². The summed E-state index contributed by atoms with van der Waals surface area (Å²) < 4.78 is 27.8. The van der Waals surface area contributed by atoms with Crippen molar-refractivity contribution < 1.29 is 13.2 Å². The van der Waals surface area contributed by atoms with Crippen molar-refractivity contribution in [1.82, 2.24) is 4.31 Å². The summed E-state index contributed by atoms with van der Waals surface area (Å²) in [6.45, 7) is 6.40. The second-order valence-corrected chi connectivity index (χ2v) is 8.54. The third-order valence-corrected chi connectivity index (χ3v) is 6.66. The SMILES string of the molecule is C=CCN(CCc1ccccc1)S(=O)(=O)c1ccc2c(c1)N(C(C)=O)CC2. The molecular formula is C21H24N2O3S. The molecule has 0 saturated heterocycles. The number of rotatable bonds is 7. The van der Waals surface area contributed by atoms with Gasteiger partial charge in [-0.25, -0.2) is 8.42 Å². The minimum absolute atomic E-state index is 0.0738. The van der Waals surface area contributed by atoms with Crippen LogP contribution in [0.2, 0.25) is 0 Å². The summed E-state index contributed by atoms with van der Waals surface area (Å²) in [6.07, 6.45) is 2.97. The highest BCUT2D eigenvalue weighted by atomic mass is 32.2. The third kappa shape index (κ3) is 4.12. The molecular weight excluding hydrogens is 360 g/mol. The molecule has 142 valence electrons. The van der Waals surface area contributed by atoms with E-state index in [0.717, 1.165) is 17.5 Å². The van der Waals surface area contributed by atoms with Crippen molar-refractivity contribution in [2.45, 2.75) is 24.7 Å². The number of benzene rings is 2. The smallest absolute Gasteiger partial charge is 0.243 e. The fourth-order valence-electron chi connectivity index (χ4n) is 3.35. The standard InChI is InChI=1S/C21H24N2O3S/c1-3-13-22(14-11-18-7-5-4-6-8-18)27(25,26)20-10-9-19-12-15-23(17(2)24)21(19)16-20/h3-10,16H,1,11-15H2,2H3. The van der Waals surface area contributed by atoms with Crippen molar-refractivity contribution in [2.24, 2.45) is 0 Å². The molecule has 5 nitrogen and oxygen atoms in total. The molecule has 0 fully saturated rings. The molecule has 27 heavy (non-hydrogen) atoms. The lowest BCUT2D eigenvalue weighted by Gasteiger charge is -2.22. The second-order valence-electron chi connectivity index (χ2n) is 6.60. The van der Waals surface area contributed by atoms with Crippen LogP contribution in [-0.4, -0.2) is 38.3 Å². The Labute approximate surface area is 161 Å². The van der Waals surface area contributed by atoms with Crippen molar-refractivity contribution >= 4 is 21.6 Å². The summed E-state index contributed by atoms with van der Waals surface area (Å²) in [5, 5.41) is 0. The summed E-state index contributed by atoms with van der Waals surface area (Å²) in [5.41, 5.74) is 2.78. The first-order valence-electron chi connectivity index (χ1n) is 8.99. The predicted molar refractivity (Wildman–Crippen MR) is 107 cm³/mol. The minimum Gasteiger partial charge on any atom is -0.312 e. The maximum Gasteiger partial charge on any atom is 0.243 e. The molecule has 0 unspecified atom stereocenters. The Balaban J connectivity index is 1.87. The van der Waals surface area contributed by atoms with E-state index in [-0.39, 0.29) is 17.3 Å². The number of nitrogens with zero attached hydrogens (tertiary/aromatic N) is 2. The lowest BCUT2D eigenvalue weighted by atomic mass is 10.1. The summed E-state index contributed by atoms with van der Waals surface area (Å²) >= 11 is 0. The van der Waals surface area contributed by atoms with Gasteiger partial charge in [-0.2, -0.15) is 4.31 Å². The van der Waals surface area contributed by atoms with E-state index >= 15 is 0 Å². The number of sulfonamides is 1. The van der Waals surface area contributed by atoms with Crippen LogP contribution < -0.4 is 4.90 Å². The topological polar surface area (TPSA) is 57.7 Å². The van der Waals surface area contributed by atoms with Gasteiger partial charge in [0.2, 0.25) is 15.9 Å². The third-order valence-electron chi connectivity index (χ3n) is 4.80. The largest absolute Gasteiger partial charge is 0.312 e. The van der Waals surface area contributed by atoms with Gasteiger partial charge in [0.1, 0.15) is 0 Å². The summed E-state index contributed by atoms with van der Waals surface area (Å²) in [4.78, 5) is 13.7. The quantitative estimate of drug-likeness (QED) is 0.690. The van der Waals surface area contributed by atoms with Gasteiger partial charge in [0.25, 0.3) is 0 Å². The predicted octanol–water partition coefficient (Wildman–Crippen LogP) is 3.02. The maximum atomic E-state index is 13.2. The average molecular weight is 385 g/mol. The fraction of sp³-hybridized carbons (Fsp3) is 0.286. The highest BCUT2D eigenvalue weighted by Crippen LogP contribution is 2.31. The van der Waals surface area contributed by atoms with Crippen LogP contribution in [0.15, 0.2) is 66.1 Å². The Morgan fingerprint density at radius 2 is 1.96 bits per heavy atom. The van der Waals surface area contributed by atoms with Crippen molar-refractivity contribution in [3.05, 3.63) is 72.3 Å². The van der Waals surface area contributed by atoms with Crippen LogP contribution in [0.3, 0.4) is 0 Å². The number of hydrogen-bond donors (Lipinski definition) is 0. The number of hydrogen-bond acceptors (Lipinski definition) is 3. The summed E-state index contributed by atoms with van der Waals surface area (Å²) in [7, 11) is -3.68. The molecule has 1 aliphatic rings. The van der Waals surface area contributed by atoms with Gasteiger partial charge < -0.3 is 4.90 Å². The van der Waals surface area contributed by atoms with Gasteiger partial charge in [-0.15, -0.1) is 6.58 Å². The van der Waals surface area contributed by atoms with Gasteiger partial charge in [0.15, 0.2) is 0 Å². The zero-order valence-corrected chi connectivity index (χ0v) is 16.3. The molecule has 6 heteroatoms. The van der Waals surface area contributed by atoms with E-state index in [4.69, 9.17) is 0 Å². The monoisotopic (exact) mass is 384 g/mol. The van der Waals surface area contributed by atoms with E-state index < -0.39 is 10.0 Å². The van der Waals surface area contributed by atoms with Crippen LogP contribution in [0.1, 0.15) is 18.1 Å². The molecule has 0 aromatic heterocycles. The first kappa shape index (κ1) is 19.3. The van der Waals surface area contributed by atoms with Gasteiger partial charge in [0, 0.05) is 32.2 Å². The van der Waals surface area contributed by atoms with Crippen LogP contribution in [0.4, 0.5) is 5.69 Å². The Morgan fingerprint density at radius 1 is 1.22 bits per heavy atom. The molecule has 0 aliphatic carbocycles. The summed E-state index contributed by atoms with van der Waals surface area (Å²) in [5.74, 6) is -0.0738. The lowest BCUT2D eigenvalue weighted by Crippen LogP contribution is -2.33. The van der Waals surface area contributed by atoms with Gasteiger partial charge >= 0.3 is 0 Å². The molecule has 0 radical (unpaired) electrons. The highest BCUT2D eigenvalue weighted by molar-refractivity contribution is 7.89.